The van der Waals surface area contributed by atoms with Crippen LogP contribution in [0.15, 0.2) is 79.3 Å². The van der Waals surface area contributed by atoms with Crippen molar-refractivity contribution in [2.24, 2.45) is 0 Å². The van der Waals surface area contributed by atoms with Crippen molar-refractivity contribution in [3.8, 4) is 28.1 Å². The van der Waals surface area contributed by atoms with E-state index >= 15 is 0 Å². The summed E-state index contributed by atoms with van der Waals surface area (Å²) in [6, 6.07) is 18.9. The first-order valence-electron chi connectivity index (χ1n) is 10.7. The zero-order valence-corrected chi connectivity index (χ0v) is 20.0. The number of methoxy groups -OCH3 is 1. The number of pyridine rings is 2. The molecule has 7 heteroatoms. The van der Waals surface area contributed by atoms with E-state index in [-0.39, 0.29) is 5.91 Å². The topological polar surface area (TPSA) is 67.3 Å². The molecule has 4 aromatic rings. The van der Waals surface area contributed by atoms with Crippen molar-refractivity contribution in [1.29, 1.82) is 0 Å². The van der Waals surface area contributed by atoms with Crippen molar-refractivity contribution < 1.29 is 9.53 Å². The Hall–Kier alpha value is -3.74. The maximum absolute atomic E-state index is 13.5. The molecule has 34 heavy (non-hydrogen) atoms. The van der Waals surface area contributed by atoms with Gasteiger partial charge in [-0.05, 0) is 55.1 Å². The third kappa shape index (κ3) is 5.42. The predicted octanol–water partition coefficient (Wildman–Crippen LogP) is 5.79. The third-order valence-electron chi connectivity index (χ3n) is 5.24. The van der Waals surface area contributed by atoms with Crippen molar-refractivity contribution in [3.05, 3.63) is 95.4 Å². The Labute approximate surface area is 204 Å². The third-order valence-corrected chi connectivity index (χ3v) is 5.56. The molecule has 1 N–H and O–H groups in total. The van der Waals surface area contributed by atoms with Crippen LogP contribution in [0.2, 0.25) is 5.02 Å². The molecule has 0 radical (unpaired) electrons. The van der Waals surface area contributed by atoms with Crippen molar-refractivity contribution in [1.82, 2.24) is 14.9 Å². The van der Waals surface area contributed by atoms with Gasteiger partial charge < -0.3 is 15.0 Å². The Morgan fingerprint density at radius 2 is 1.76 bits per heavy atom. The number of rotatable bonds is 7. The fourth-order valence-corrected chi connectivity index (χ4v) is 3.97. The maximum Gasteiger partial charge on any atom is 0.256 e. The minimum atomic E-state index is -0.270. The van der Waals surface area contributed by atoms with Crippen LogP contribution in [0.4, 0.5) is 5.69 Å². The van der Waals surface area contributed by atoms with Crippen LogP contribution < -0.4 is 10.1 Å². The molecular formula is C27H25ClN4O2. The lowest BCUT2D eigenvalue weighted by molar-refractivity contribution is 0.102. The highest BCUT2D eigenvalue weighted by Gasteiger charge is 2.18. The number of amides is 1. The first kappa shape index (κ1) is 23.4. The van der Waals surface area contributed by atoms with Gasteiger partial charge in [0.1, 0.15) is 0 Å². The summed E-state index contributed by atoms with van der Waals surface area (Å²) in [5.74, 6) is 0.203. The molecule has 0 aliphatic rings. The number of carbonyl (C=O) groups is 1. The van der Waals surface area contributed by atoms with Crippen LogP contribution >= 0.6 is 11.6 Å². The summed E-state index contributed by atoms with van der Waals surface area (Å²) in [6.07, 6.45) is 5.13. The van der Waals surface area contributed by atoms with E-state index in [0.717, 1.165) is 28.8 Å². The van der Waals surface area contributed by atoms with Gasteiger partial charge in [0.25, 0.3) is 5.91 Å². The van der Waals surface area contributed by atoms with Crippen LogP contribution in [0.5, 0.6) is 5.88 Å². The summed E-state index contributed by atoms with van der Waals surface area (Å²) in [5, 5.41) is 3.49. The van der Waals surface area contributed by atoms with E-state index in [2.05, 4.69) is 20.2 Å². The smallest absolute Gasteiger partial charge is 0.256 e. The second kappa shape index (κ2) is 10.5. The monoisotopic (exact) mass is 472 g/mol. The van der Waals surface area contributed by atoms with Gasteiger partial charge in [-0.15, -0.1) is 0 Å². The number of benzene rings is 2. The second-order valence-electron chi connectivity index (χ2n) is 8.11. The van der Waals surface area contributed by atoms with E-state index in [0.29, 0.717) is 27.7 Å². The molecule has 0 atom stereocenters. The number of carbonyl (C=O) groups excluding carboxylic acids is 1. The van der Waals surface area contributed by atoms with E-state index in [1.54, 1.807) is 31.6 Å². The van der Waals surface area contributed by atoms with Crippen LogP contribution in [-0.2, 0) is 6.54 Å². The minimum Gasteiger partial charge on any atom is -0.481 e. The molecule has 0 aliphatic heterocycles. The Balaban J connectivity index is 1.80. The molecule has 6 nitrogen and oxygen atoms in total. The lowest BCUT2D eigenvalue weighted by Crippen LogP contribution is -2.14. The number of ether oxygens (including phenoxy) is 1. The Morgan fingerprint density at radius 3 is 2.44 bits per heavy atom. The first-order chi connectivity index (χ1) is 16.4. The van der Waals surface area contributed by atoms with Crippen LogP contribution in [0.25, 0.3) is 22.3 Å². The Morgan fingerprint density at radius 1 is 0.971 bits per heavy atom. The van der Waals surface area contributed by atoms with Crippen LogP contribution in [0, 0.1) is 0 Å². The first-order valence-corrected chi connectivity index (χ1v) is 11.1. The largest absolute Gasteiger partial charge is 0.481 e. The fourth-order valence-electron chi connectivity index (χ4n) is 3.70. The summed E-state index contributed by atoms with van der Waals surface area (Å²) >= 11 is 6.72. The molecule has 0 aliphatic carbocycles. The fraction of sp³-hybridized carbons (Fsp3) is 0.148. The average Bonchev–Trinajstić information content (AvgIpc) is 2.84. The normalized spacial score (nSPS) is 10.9. The van der Waals surface area contributed by atoms with Gasteiger partial charge in [0.2, 0.25) is 5.88 Å². The summed E-state index contributed by atoms with van der Waals surface area (Å²) in [5.41, 5.74) is 5.32. The molecule has 0 spiro atoms. The van der Waals surface area contributed by atoms with Crippen molar-refractivity contribution >= 4 is 23.2 Å². The zero-order chi connectivity index (χ0) is 24.1. The molecule has 0 fully saturated rings. The minimum absolute atomic E-state index is 0.270. The van der Waals surface area contributed by atoms with Crippen LogP contribution in [0.3, 0.4) is 0 Å². The number of hydrogen-bond acceptors (Lipinski definition) is 5. The number of nitrogens with one attached hydrogen (secondary N) is 1. The van der Waals surface area contributed by atoms with Gasteiger partial charge in [-0.1, -0.05) is 41.9 Å². The van der Waals surface area contributed by atoms with Gasteiger partial charge in [0.05, 0.1) is 19.0 Å². The zero-order valence-electron chi connectivity index (χ0n) is 19.2. The highest BCUT2D eigenvalue weighted by atomic mass is 35.5. The van der Waals surface area contributed by atoms with E-state index in [4.69, 9.17) is 16.3 Å². The van der Waals surface area contributed by atoms with Gasteiger partial charge in [-0.25, -0.2) is 4.98 Å². The lowest BCUT2D eigenvalue weighted by atomic mass is 9.94. The molecule has 2 aromatic carbocycles. The SMILES string of the molecule is COc1ccc(NC(=O)c2cc(-c3ccccc3)c(Cl)cc2-c2cncc(CN(C)C)c2)cn1. The number of anilines is 1. The van der Waals surface area contributed by atoms with Crippen molar-refractivity contribution in [2.45, 2.75) is 6.54 Å². The van der Waals surface area contributed by atoms with Crippen LogP contribution in [0.1, 0.15) is 15.9 Å². The number of halogens is 1. The Bertz CT molecular complexity index is 1290. The number of nitrogens with zero attached hydrogens (tertiary/aromatic N) is 3. The lowest BCUT2D eigenvalue weighted by Gasteiger charge is -2.16. The molecule has 172 valence electrons. The molecule has 0 unspecified atom stereocenters. The van der Waals surface area contributed by atoms with Gasteiger partial charge >= 0.3 is 0 Å². The molecule has 0 saturated heterocycles. The predicted molar refractivity (Wildman–Crippen MR) is 136 cm³/mol. The Kier molecular flexibility index (Phi) is 7.21. The molecule has 1 amide bonds. The molecular weight excluding hydrogens is 448 g/mol. The summed E-state index contributed by atoms with van der Waals surface area (Å²) in [7, 11) is 5.55. The van der Waals surface area contributed by atoms with E-state index < -0.39 is 0 Å². The quantitative estimate of drug-likeness (QED) is 0.369. The summed E-state index contributed by atoms with van der Waals surface area (Å²) in [6.45, 7) is 0.732. The standard InChI is InChI=1S/C27H25ClN4O2/c1-32(2)17-18-11-20(15-29-14-18)22-13-25(28)23(19-7-5-4-6-8-19)12-24(22)27(33)31-21-9-10-26(34-3)30-16-21/h4-16H,17H2,1-3H3,(H,31,33). The molecule has 0 bridgehead atoms. The average molecular weight is 473 g/mol. The van der Waals surface area contributed by atoms with E-state index in [1.165, 1.54) is 0 Å². The molecule has 0 saturated carbocycles. The summed E-state index contributed by atoms with van der Waals surface area (Å²) < 4.78 is 5.10. The summed E-state index contributed by atoms with van der Waals surface area (Å²) in [4.78, 5) is 24.1. The number of hydrogen-bond donors (Lipinski definition) is 1. The second-order valence-corrected chi connectivity index (χ2v) is 8.51. The van der Waals surface area contributed by atoms with Crippen molar-refractivity contribution in [3.63, 3.8) is 0 Å². The van der Waals surface area contributed by atoms with Crippen LogP contribution in [-0.4, -0.2) is 42.0 Å². The molecule has 2 heterocycles. The van der Waals surface area contributed by atoms with Gasteiger partial charge in [-0.3, -0.25) is 9.78 Å². The highest BCUT2D eigenvalue weighted by Crippen LogP contribution is 2.36. The molecule has 4 rings (SSSR count). The van der Waals surface area contributed by atoms with Gasteiger partial charge in [0, 0.05) is 46.7 Å². The maximum atomic E-state index is 13.5. The highest BCUT2D eigenvalue weighted by molar-refractivity contribution is 6.34. The van der Waals surface area contributed by atoms with Crippen molar-refractivity contribution in [2.75, 3.05) is 26.5 Å². The molecule has 2 aromatic heterocycles. The number of aromatic nitrogens is 2. The van der Waals surface area contributed by atoms with Gasteiger partial charge in [-0.2, -0.15) is 0 Å². The van der Waals surface area contributed by atoms with Gasteiger partial charge in [0.15, 0.2) is 0 Å². The van der Waals surface area contributed by atoms with E-state index in [9.17, 15) is 4.79 Å². The van der Waals surface area contributed by atoms with E-state index in [1.807, 2.05) is 68.8 Å².